The molecule has 7 heteroatoms. The summed E-state index contributed by atoms with van der Waals surface area (Å²) in [7, 11) is 0. The number of esters is 1. The van der Waals surface area contributed by atoms with E-state index in [1.807, 2.05) is 51.1 Å². The first-order chi connectivity index (χ1) is 13.8. The summed E-state index contributed by atoms with van der Waals surface area (Å²) < 4.78 is 6.13. The van der Waals surface area contributed by atoms with Crippen LogP contribution in [0.5, 0.6) is 0 Å². The fourth-order valence-electron chi connectivity index (χ4n) is 3.27. The van der Waals surface area contributed by atoms with Gasteiger partial charge in [0.05, 0.1) is 5.92 Å². The zero-order chi connectivity index (χ0) is 21.1. The molecule has 1 fully saturated rings. The first-order valence-corrected chi connectivity index (χ1v) is 10.1. The third-order valence-corrected chi connectivity index (χ3v) is 5.97. The predicted octanol–water partition coefficient (Wildman–Crippen LogP) is 3.91. The second kappa shape index (κ2) is 8.78. The Balaban J connectivity index is 1.55. The summed E-state index contributed by atoms with van der Waals surface area (Å²) in [5, 5.41) is 2.76. The molecule has 0 unspecified atom stereocenters. The zero-order valence-corrected chi connectivity index (χ0v) is 18.2. The summed E-state index contributed by atoms with van der Waals surface area (Å²) in [6, 6.07) is 11.2. The van der Waals surface area contributed by atoms with Crippen LogP contribution < -0.4 is 10.2 Å². The number of carbonyl (C=O) groups excluding carboxylic acids is 3. The highest BCUT2D eigenvalue weighted by Crippen LogP contribution is 2.27. The second-order valence-corrected chi connectivity index (χ2v) is 8.10. The van der Waals surface area contributed by atoms with Crippen LogP contribution in [0.2, 0.25) is 0 Å². The monoisotopic (exact) mass is 458 g/mol. The maximum Gasteiger partial charge on any atom is 0.311 e. The lowest BCUT2D eigenvalue weighted by molar-refractivity contribution is -0.151. The largest absolute Gasteiger partial charge is 0.455 e. The molecule has 1 aliphatic heterocycles. The van der Waals surface area contributed by atoms with E-state index in [-0.39, 0.29) is 25.5 Å². The summed E-state index contributed by atoms with van der Waals surface area (Å²) >= 11 is 3.45. The van der Waals surface area contributed by atoms with Crippen molar-refractivity contribution in [3.63, 3.8) is 0 Å². The molecule has 0 spiro atoms. The third-order valence-electron chi connectivity index (χ3n) is 5.11. The van der Waals surface area contributed by atoms with E-state index in [4.69, 9.17) is 4.74 Å². The van der Waals surface area contributed by atoms with Crippen LogP contribution in [-0.4, -0.2) is 30.9 Å². The van der Waals surface area contributed by atoms with Crippen molar-refractivity contribution >= 4 is 45.1 Å². The number of aryl methyl sites for hydroxylation is 1. The lowest BCUT2D eigenvalue weighted by Crippen LogP contribution is -2.28. The maximum absolute atomic E-state index is 12.4. The highest BCUT2D eigenvalue weighted by Gasteiger charge is 2.36. The molecule has 3 rings (SSSR count). The van der Waals surface area contributed by atoms with E-state index in [2.05, 4.69) is 21.2 Å². The standard InChI is InChI=1S/C22H23BrN2O4/c1-13-5-4-6-17(9-13)25-11-16(10-21(25)27)22(28)29-12-20(26)24-19-8-7-18(23)14(2)15(19)3/h4-9,16H,10-12H2,1-3H3,(H,24,26)/t16-/m1/s1. The van der Waals surface area contributed by atoms with Crippen molar-refractivity contribution in [2.24, 2.45) is 5.92 Å². The number of halogens is 1. The first-order valence-electron chi connectivity index (χ1n) is 9.35. The van der Waals surface area contributed by atoms with Gasteiger partial charge in [-0.3, -0.25) is 14.4 Å². The van der Waals surface area contributed by atoms with Gasteiger partial charge in [0.2, 0.25) is 5.91 Å². The van der Waals surface area contributed by atoms with E-state index in [1.54, 1.807) is 11.0 Å². The van der Waals surface area contributed by atoms with Crippen molar-refractivity contribution < 1.29 is 19.1 Å². The van der Waals surface area contributed by atoms with Gasteiger partial charge in [0.25, 0.3) is 5.91 Å². The van der Waals surface area contributed by atoms with Gasteiger partial charge in [-0.1, -0.05) is 28.1 Å². The molecule has 0 radical (unpaired) electrons. The summed E-state index contributed by atoms with van der Waals surface area (Å²) in [4.78, 5) is 38.5. The van der Waals surface area contributed by atoms with Crippen LogP contribution in [0.4, 0.5) is 11.4 Å². The molecule has 1 atom stereocenters. The molecule has 1 saturated heterocycles. The molecule has 0 aliphatic carbocycles. The van der Waals surface area contributed by atoms with Crippen molar-refractivity contribution in [3.8, 4) is 0 Å². The minimum atomic E-state index is -0.576. The van der Waals surface area contributed by atoms with Gasteiger partial charge in [0, 0.05) is 28.8 Å². The van der Waals surface area contributed by atoms with Crippen LogP contribution in [-0.2, 0) is 19.1 Å². The minimum Gasteiger partial charge on any atom is -0.455 e. The Morgan fingerprint density at radius 2 is 1.93 bits per heavy atom. The van der Waals surface area contributed by atoms with Crippen LogP contribution in [0.1, 0.15) is 23.1 Å². The minimum absolute atomic E-state index is 0.0827. The molecule has 0 aromatic heterocycles. The molecular formula is C22H23BrN2O4. The molecule has 1 aliphatic rings. The number of nitrogens with zero attached hydrogens (tertiary/aromatic N) is 1. The molecule has 1 N–H and O–H groups in total. The highest BCUT2D eigenvalue weighted by atomic mass is 79.9. The number of hydrogen-bond acceptors (Lipinski definition) is 4. The number of carbonyl (C=O) groups is 3. The maximum atomic E-state index is 12.4. The molecule has 2 amide bonds. The Hall–Kier alpha value is -2.67. The smallest absolute Gasteiger partial charge is 0.311 e. The number of anilines is 2. The molecule has 6 nitrogen and oxygen atoms in total. The Bertz CT molecular complexity index is 973. The van der Waals surface area contributed by atoms with Gasteiger partial charge < -0.3 is 15.0 Å². The van der Waals surface area contributed by atoms with E-state index >= 15 is 0 Å². The second-order valence-electron chi connectivity index (χ2n) is 7.25. The number of nitrogens with one attached hydrogen (secondary N) is 1. The van der Waals surface area contributed by atoms with Crippen LogP contribution in [0.25, 0.3) is 0 Å². The zero-order valence-electron chi connectivity index (χ0n) is 16.6. The van der Waals surface area contributed by atoms with Crippen LogP contribution in [0.15, 0.2) is 40.9 Å². The first kappa shape index (κ1) is 21.0. The Morgan fingerprint density at radius 3 is 2.66 bits per heavy atom. The highest BCUT2D eigenvalue weighted by molar-refractivity contribution is 9.10. The average Bonchev–Trinajstić information content (AvgIpc) is 3.08. The summed E-state index contributed by atoms with van der Waals surface area (Å²) in [6.07, 6.45) is 0.0827. The van der Waals surface area contributed by atoms with Gasteiger partial charge in [-0.2, -0.15) is 0 Å². The van der Waals surface area contributed by atoms with E-state index in [0.717, 1.165) is 26.9 Å². The Labute approximate surface area is 178 Å². The van der Waals surface area contributed by atoms with Gasteiger partial charge in [0.1, 0.15) is 0 Å². The topological polar surface area (TPSA) is 75.7 Å². The van der Waals surface area contributed by atoms with Gasteiger partial charge >= 0.3 is 5.97 Å². The molecule has 152 valence electrons. The quantitative estimate of drug-likeness (QED) is 0.689. The lowest BCUT2D eigenvalue weighted by Gasteiger charge is -2.17. The number of amides is 2. The Kier molecular flexibility index (Phi) is 6.37. The predicted molar refractivity (Wildman–Crippen MR) is 115 cm³/mol. The molecule has 0 saturated carbocycles. The lowest BCUT2D eigenvalue weighted by atomic mass is 10.1. The fourth-order valence-corrected chi connectivity index (χ4v) is 3.70. The summed E-state index contributed by atoms with van der Waals surface area (Å²) in [5.74, 6) is -1.65. The van der Waals surface area contributed by atoms with E-state index < -0.39 is 17.8 Å². The molecular weight excluding hydrogens is 436 g/mol. The van der Waals surface area contributed by atoms with Crippen molar-refractivity contribution in [3.05, 3.63) is 57.6 Å². The van der Waals surface area contributed by atoms with E-state index in [9.17, 15) is 14.4 Å². The van der Waals surface area contributed by atoms with E-state index in [1.165, 1.54) is 0 Å². The Morgan fingerprint density at radius 1 is 1.17 bits per heavy atom. The van der Waals surface area contributed by atoms with Crippen molar-refractivity contribution in [2.45, 2.75) is 27.2 Å². The van der Waals surface area contributed by atoms with Crippen LogP contribution in [0, 0.1) is 26.7 Å². The number of hydrogen-bond donors (Lipinski definition) is 1. The third kappa shape index (κ3) is 4.85. The molecule has 2 aromatic carbocycles. The molecule has 0 bridgehead atoms. The van der Waals surface area contributed by atoms with Gasteiger partial charge in [-0.15, -0.1) is 0 Å². The number of rotatable bonds is 5. The fraction of sp³-hybridized carbons (Fsp3) is 0.318. The van der Waals surface area contributed by atoms with Crippen molar-refractivity contribution in [1.82, 2.24) is 0 Å². The molecule has 2 aromatic rings. The van der Waals surface area contributed by atoms with Gasteiger partial charge in [-0.25, -0.2) is 0 Å². The number of benzene rings is 2. The molecule has 29 heavy (non-hydrogen) atoms. The van der Waals surface area contributed by atoms with Crippen molar-refractivity contribution in [2.75, 3.05) is 23.4 Å². The summed E-state index contributed by atoms with van der Waals surface area (Å²) in [6.45, 7) is 5.68. The average molecular weight is 459 g/mol. The van der Waals surface area contributed by atoms with Crippen molar-refractivity contribution in [1.29, 1.82) is 0 Å². The summed E-state index contributed by atoms with van der Waals surface area (Å²) in [5.41, 5.74) is 4.45. The van der Waals surface area contributed by atoms with Gasteiger partial charge in [0.15, 0.2) is 6.61 Å². The number of ether oxygens (including phenoxy) is 1. The van der Waals surface area contributed by atoms with Crippen LogP contribution in [0.3, 0.4) is 0 Å². The van der Waals surface area contributed by atoms with Crippen LogP contribution >= 0.6 is 15.9 Å². The SMILES string of the molecule is Cc1cccc(N2C[C@H](C(=O)OCC(=O)Nc3ccc(Br)c(C)c3C)CC2=O)c1. The van der Waals surface area contributed by atoms with Gasteiger partial charge in [-0.05, 0) is 61.7 Å². The normalized spacial score (nSPS) is 16.1. The van der Waals surface area contributed by atoms with E-state index in [0.29, 0.717) is 5.69 Å². The molecule has 1 heterocycles.